The molecule has 0 aromatic heterocycles. The number of aliphatic hydroxyl groups is 1. The fraction of sp³-hybridized carbons (Fsp3) is 0.519. The molecule has 2 N–H and O–H groups in total. The van der Waals surface area contributed by atoms with Crippen LogP contribution in [-0.2, 0) is 22.1 Å². The van der Waals surface area contributed by atoms with Crippen LogP contribution in [0, 0.1) is 11.3 Å². The maximum absolute atomic E-state index is 13.6. The lowest BCUT2D eigenvalue weighted by atomic mass is 9.85. The number of ether oxygens (including phenoxy) is 1. The molecule has 3 rings (SSSR count). The minimum Gasteiger partial charge on any atom is -0.367 e. The van der Waals surface area contributed by atoms with Crippen molar-refractivity contribution in [3.63, 3.8) is 0 Å². The molecular formula is C27H31F6NO3. The summed E-state index contributed by atoms with van der Waals surface area (Å²) < 4.78 is 85.3. The van der Waals surface area contributed by atoms with Crippen molar-refractivity contribution in [1.82, 2.24) is 0 Å². The molecule has 1 saturated carbocycles. The first kappa shape index (κ1) is 29.0. The van der Waals surface area contributed by atoms with Crippen LogP contribution in [0.5, 0.6) is 0 Å². The van der Waals surface area contributed by atoms with Crippen molar-refractivity contribution in [2.45, 2.75) is 77.1 Å². The lowest BCUT2D eigenvalue weighted by molar-refractivity contribution is -0.199. The maximum atomic E-state index is 13.6. The van der Waals surface area contributed by atoms with Gasteiger partial charge in [0, 0.05) is 11.1 Å². The Kier molecular flexibility index (Phi) is 8.05. The third-order valence-corrected chi connectivity index (χ3v) is 6.53. The topological polar surface area (TPSA) is 58.6 Å². The minimum absolute atomic E-state index is 0.175. The molecule has 204 valence electrons. The number of hydrogen-bond acceptors (Lipinski definition) is 3. The summed E-state index contributed by atoms with van der Waals surface area (Å²) >= 11 is 0. The highest BCUT2D eigenvalue weighted by Gasteiger charge is 2.51. The number of benzene rings is 2. The molecule has 1 aliphatic carbocycles. The molecule has 0 radical (unpaired) electrons. The van der Waals surface area contributed by atoms with E-state index in [2.05, 4.69) is 5.32 Å². The lowest BCUT2D eigenvalue weighted by Gasteiger charge is -2.30. The number of nitrogens with one attached hydrogen (secondary N) is 1. The monoisotopic (exact) mass is 531 g/mol. The van der Waals surface area contributed by atoms with Crippen molar-refractivity contribution in [3.05, 3.63) is 65.2 Å². The molecule has 0 saturated heterocycles. The standard InChI is InChI=1S/C27H31F6NO3/c1-16(26(28,29)30)21(18-8-10-19(11-9-18)27(31,32)33)22(35)34-20-7-5-6-17(14-20)15-25(12-13-25)23(36)37-24(2,3)4/h5-11,14,16,21,23,36H,12-13,15H2,1-4H3,(H,34,35). The fourth-order valence-electron chi connectivity index (χ4n) is 4.25. The van der Waals surface area contributed by atoms with Gasteiger partial charge in [0.1, 0.15) is 0 Å². The van der Waals surface area contributed by atoms with Crippen LogP contribution in [0.4, 0.5) is 32.0 Å². The Morgan fingerprint density at radius 3 is 2.11 bits per heavy atom. The van der Waals surface area contributed by atoms with Crippen molar-refractivity contribution in [2.75, 3.05) is 5.32 Å². The third-order valence-electron chi connectivity index (χ3n) is 6.53. The number of amides is 1. The van der Waals surface area contributed by atoms with Crippen LogP contribution < -0.4 is 5.32 Å². The average molecular weight is 532 g/mol. The van der Waals surface area contributed by atoms with Gasteiger partial charge >= 0.3 is 12.4 Å². The Bertz CT molecular complexity index is 1090. The molecule has 1 amide bonds. The SMILES string of the molecule is CC(C(C(=O)Nc1cccc(CC2(C(O)OC(C)(C)C)CC2)c1)c1ccc(C(F)(F)F)cc1)C(F)(F)F. The number of carbonyl (C=O) groups is 1. The Morgan fingerprint density at radius 2 is 1.62 bits per heavy atom. The summed E-state index contributed by atoms with van der Waals surface area (Å²) in [6.45, 7) is 6.32. The van der Waals surface area contributed by atoms with Crippen LogP contribution >= 0.6 is 0 Å². The Balaban J connectivity index is 1.81. The van der Waals surface area contributed by atoms with Gasteiger partial charge in [-0.05, 0) is 75.4 Å². The number of anilines is 1. The van der Waals surface area contributed by atoms with Gasteiger partial charge in [0.2, 0.25) is 5.91 Å². The molecule has 4 nitrogen and oxygen atoms in total. The van der Waals surface area contributed by atoms with Crippen molar-refractivity contribution in [3.8, 4) is 0 Å². The number of hydrogen-bond donors (Lipinski definition) is 2. The predicted molar refractivity (Wildman–Crippen MR) is 127 cm³/mol. The number of halogens is 6. The van der Waals surface area contributed by atoms with E-state index in [0.717, 1.165) is 37.5 Å². The summed E-state index contributed by atoms with van der Waals surface area (Å²) in [6.07, 6.45) is -8.50. The zero-order chi connectivity index (χ0) is 27.8. The molecule has 3 atom stereocenters. The summed E-state index contributed by atoms with van der Waals surface area (Å²) in [4.78, 5) is 13.1. The first-order chi connectivity index (χ1) is 16.9. The highest BCUT2D eigenvalue weighted by molar-refractivity contribution is 5.96. The van der Waals surface area contributed by atoms with Gasteiger partial charge in [0.25, 0.3) is 0 Å². The molecule has 10 heteroatoms. The molecule has 37 heavy (non-hydrogen) atoms. The highest BCUT2D eigenvalue weighted by Crippen LogP contribution is 2.52. The van der Waals surface area contributed by atoms with Crippen molar-refractivity contribution >= 4 is 11.6 Å². The van der Waals surface area contributed by atoms with E-state index < -0.39 is 53.0 Å². The van der Waals surface area contributed by atoms with E-state index in [1.54, 1.807) is 18.2 Å². The molecule has 0 spiro atoms. The van der Waals surface area contributed by atoms with Gasteiger partial charge in [-0.25, -0.2) is 0 Å². The summed E-state index contributed by atoms with van der Waals surface area (Å²) in [6, 6.07) is 9.69. The van der Waals surface area contributed by atoms with Crippen LogP contribution in [0.1, 0.15) is 63.1 Å². The van der Waals surface area contributed by atoms with Crippen molar-refractivity contribution in [2.24, 2.45) is 11.3 Å². The Morgan fingerprint density at radius 1 is 1.03 bits per heavy atom. The average Bonchev–Trinajstić information content (AvgIpc) is 3.53. The number of rotatable bonds is 8. The normalized spacial score (nSPS) is 18.1. The summed E-state index contributed by atoms with van der Waals surface area (Å²) in [5.41, 5.74) is -1.23. The van der Waals surface area contributed by atoms with Crippen LogP contribution in [0.2, 0.25) is 0 Å². The molecule has 2 aromatic rings. The smallest absolute Gasteiger partial charge is 0.367 e. The second kappa shape index (κ2) is 10.3. The molecule has 2 aromatic carbocycles. The summed E-state index contributed by atoms with van der Waals surface area (Å²) in [5.74, 6) is -4.89. The van der Waals surface area contributed by atoms with E-state index in [9.17, 15) is 36.2 Å². The molecular weight excluding hydrogens is 500 g/mol. The molecule has 3 unspecified atom stereocenters. The van der Waals surface area contributed by atoms with E-state index in [1.165, 1.54) is 6.07 Å². The molecule has 1 fully saturated rings. The predicted octanol–water partition coefficient (Wildman–Crippen LogP) is 7.08. The fourth-order valence-corrected chi connectivity index (χ4v) is 4.25. The van der Waals surface area contributed by atoms with Gasteiger partial charge in [0.05, 0.1) is 23.0 Å². The number of alkyl halides is 6. The Hall–Kier alpha value is -2.59. The molecule has 0 bridgehead atoms. The van der Waals surface area contributed by atoms with Gasteiger partial charge in [-0.1, -0.05) is 31.2 Å². The quantitative estimate of drug-likeness (QED) is 0.283. The van der Waals surface area contributed by atoms with Crippen molar-refractivity contribution < 1.29 is 41.0 Å². The first-order valence-corrected chi connectivity index (χ1v) is 11.9. The summed E-state index contributed by atoms with van der Waals surface area (Å²) in [7, 11) is 0. The molecule has 0 heterocycles. The van der Waals surface area contributed by atoms with E-state index in [1.807, 2.05) is 20.8 Å². The van der Waals surface area contributed by atoms with Crippen molar-refractivity contribution in [1.29, 1.82) is 0 Å². The van der Waals surface area contributed by atoms with E-state index in [4.69, 9.17) is 4.74 Å². The van der Waals surface area contributed by atoms with Crippen LogP contribution in [0.15, 0.2) is 48.5 Å². The van der Waals surface area contributed by atoms with Gasteiger partial charge in [-0.15, -0.1) is 0 Å². The van der Waals surface area contributed by atoms with E-state index in [-0.39, 0.29) is 11.3 Å². The van der Waals surface area contributed by atoms with Gasteiger partial charge in [-0.2, -0.15) is 26.3 Å². The van der Waals surface area contributed by atoms with Crippen LogP contribution in [0.3, 0.4) is 0 Å². The molecule has 0 aliphatic heterocycles. The van der Waals surface area contributed by atoms with Gasteiger partial charge in [0.15, 0.2) is 6.29 Å². The Labute approximate surface area is 212 Å². The van der Waals surface area contributed by atoms with Gasteiger partial charge < -0.3 is 15.2 Å². The van der Waals surface area contributed by atoms with Gasteiger partial charge in [-0.3, -0.25) is 4.79 Å². The zero-order valence-electron chi connectivity index (χ0n) is 21.0. The summed E-state index contributed by atoms with van der Waals surface area (Å²) in [5, 5.41) is 13.1. The van der Waals surface area contributed by atoms with Crippen LogP contribution in [0.25, 0.3) is 0 Å². The maximum Gasteiger partial charge on any atom is 0.416 e. The van der Waals surface area contributed by atoms with Crippen LogP contribution in [-0.4, -0.2) is 29.1 Å². The van der Waals surface area contributed by atoms with E-state index in [0.29, 0.717) is 18.6 Å². The molecule has 1 aliphatic rings. The highest BCUT2D eigenvalue weighted by atomic mass is 19.4. The third kappa shape index (κ3) is 7.47. The minimum atomic E-state index is -4.76. The number of aliphatic hydroxyl groups excluding tert-OH is 1. The second-order valence-electron chi connectivity index (χ2n) is 10.7. The second-order valence-corrected chi connectivity index (χ2v) is 10.7. The van der Waals surface area contributed by atoms with E-state index >= 15 is 0 Å². The lowest BCUT2D eigenvalue weighted by Crippen LogP contribution is -2.35. The first-order valence-electron chi connectivity index (χ1n) is 11.9. The number of carbonyl (C=O) groups excluding carboxylic acids is 1. The zero-order valence-corrected chi connectivity index (χ0v) is 21.0. The largest absolute Gasteiger partial charge is 0.416 e.